The van der Waals surface area contributed by atoms with E-state index in [1.807, 2.05) is 0 Å². The Morgan fingerprint density at radius 1 is 0.297 bits per heavy atom. The van der Waals surface area contributed by atoms with E-state index in [0.717, 1.165) is 11.4 Å². The van der Waals surface area contributed by atoms with E-state index in [0.29, 0.717) is 0 Å². The van der Waals surface area contributed by atoms with Gasteiger partial charge in [-0.1, -0.05) is 213 Å². The first-order valence-electron chi connectivity index (χ1n) is 26.5. The second-order valence-electron chi connectivity index (χ2n) is 23.8. The molecule has 0 N–H and O–H groups in total. The van der Waals surface area contributed by atoms with Crippen molar-refractivity contribution in [2.75, 3.05) is 9.80 Å². The number of hydrogen-bond acceptors (Lipinski definition) is 2. The van der Waals surface area contributed by atoms with Crippen LogP contribution in [-0.2, 0) is 10.8 Å². The van der Waals surface area contributed by atoms with Crippen LogP contribution in [-0.4, -0.2) is 16.1 Å². The highest BCUT2D eigenvalue weighted by molar-refractivity contribution is 6.93. The maximum atomic E-state index is 2.68. The lowest BCUT2D eigenvalue weighted by Crippen LogP contribution is -2.44. The van der Waals surface area contributed by atoms with Gasteiger partial charge in [0.25, 0.3) is 0 Å². The Hall–Kier alpha value is -7.51. The summed E-state index contributed by atoms with van der Waals surface area (Å²) in [6.07, 6.45) is 0. The van der Waals surface area contributed by atoms with E-state index in [1.165, 1.54) is 100 Å². The van der Waals surface area contributed by atoms with Gasteiger partial charge >= 0.3 is 0 Å². The van der Waals surface area contributed by atoms with E-state index in [9.17, 15) is 0 Å². The number of fused-ring (bicyclic) bond motifs is 7. The van der Waals surface area contributed by atoms with E-state index in [2.05, 4.69) is 295 Å². The van der Waals surface area contributed by atoms with Crippen molar-refractivity contribution < 1.29 is 0 Å². The second-order valence-corrected chi connectivity index (χ2v) is 33.8. The summed E-state index contributed by atoms with van der Waals surface area (Å²) in [6, 6.07) is 81.4. The van der Waals surface area contributed by atoms with Crippen molar-refractivity contribution in [2.45, 2.75) is 77.8 Å². The van der Waals surface area contributed by atoms with Crippen molar-refractivity contribution in [1.29, 1.82) is 0 Å². The Morgan fingerprint density at radius 3 is 0.973 bits per heavy atom. The number of rotatable bonds is 10. The molecule has 0 heterocycles. The van der Waals surface area contributed by atoms with Gasteiger partial charge in [0.15, 0.2) is 0 Å². The molecule has 364 valence electrons. The average molecular weight is 991 g/mol. The van der Waals surface area contributed by atoms with Crippen LogP contribution in [0.2, 0.25) is 39.3 Å². The largest absolute Gasteiger partial charge is 0.310 e. The molecule has 2 aliphatic rings. The zero-order valence-electron chi connectivity index (χ0n) is 44.7. The molecule has 0 amide bonds. The van der Waals surface area contributed by atoms with Crippen LogP contribution < -0.4 is 20.2 Å². The molecular formula is C70H66N2Si2. The van der Waals surface area contributed by atoms with Gasteiger partial charge in [0.1, 0.15) is 0 Å². The van der Waals surface area contributed by atoms with Gasteiger partial charge < -0.3 is 9.80 Å². The molecule has 74 heavy (non-hydrogen) atoms. The normalized spacial score (nSPS) is 14.0. The zero-order chi connectivity index (χ0) is 51.3. The molecule has 0 saturated heterocycles. The van der Waals surface area contributed by atoms with E-state index in [1.54, 1.807) is 10.4 Å². The third-order valence-electron chi connectivity index (χ3n) is 16.2. The maximum Gasteiger partial charge on any atom is 0.0792 e. The smallest absolute Gasteiger partial charge is 0.0792 e. The quantitative estimate of drug-likeness (QED) is 0.126. The van der Waals surface area contributed by atoms with Crippen molar-refractivity contribution in [3.63, 3.8) is 0 Å². The highest BCUT2D eigenvalue weighted by Crippen LogP contribution is 2.56. The van der Waals surface area contributed by atoms with E-state index in [-0.39, 0.29) is 10.8 Å². The second kappa shape index (κ2) is 17.6. The maximum absolute atomic E-state index is 2.68. The molecule has 0 unspecified atom stereocenters. The number of anilines is 6. The molecule has 0 bridgehead atoms. The molecule has 0 radical (unpaired) electrons. The lowest BCUT2D eigenvalue weighted by molar-refractivity contribution is 0.660. The van der Waals surface area contributed by atoms with Gasteiger partial charge in [-0.25, -0.2) is 0 Å². The molecule has 10 aromatic carbocycles. The van der Waals surface area contributed by atoms with Crippen LogP contribution in [0, 0.1) is 0 Å². The molecule has 0 aromatic heterocycles. The average Bonchev–Trinajstić information content (AvgIpc) is 3.86. The number of hydrogen-bond donors (Lipinski definition) is 0. The summed E-state index contributed by atoms with van der Waals surface area (Å²) in [6.45, 7) is 25.4. The zero-order valence-corrected chi connectivity index (χ0v) is 46.7. The van der Waals surface area contributed by atoms with Crippen LogP contribution in [0.5, 0.6) is 0 Å². The van der Waals surface area contributed by atoms with Gasteiger partial charge in [0, 0.05) is 44.7 Å². The minimum Gasteiger partial charge on any atom is -0.310 e. The van der Waals surface area contributed by atoms with Crippen LogP contribution in [0.4, 0.5) is 34.1 Å². The van der Waals surface area contributed by atoms with Crippen LogP contribution in [0.1, 0.15) is 49.9 Å². The van der Waals surface area contributed by atoms with Gasteiger partial charge in [0.2, 0.25) is 0 Å². The van der Waals surface area contributed by atoms with Gasteiger partial charge in [-0.2, -0.15) is 0 Å². The SMILES string of the molecule is CC1(C)c2cc(N(c3ccccc3)c3ccccc3-c3ccccc3)ccc2-c2c1cc1c([Si](C)(C)C)c3c(cc1c2[Si](C)(C)C)C(C)(C)c1cc(N(c2ccccc2)c2ccccc2-c2ccccc2)ccc1-3. The predicted molar refractivity (Wildman–Crippen MR) is 325 cm³/mol. The van der Waals surface area contributed by atoms with Crippen molar-refractivity contribution in [2.24, 2.45) is 0 Å². The fraction of sp³-hybridized carbons (Fsp3) is 0.171. The highest BCUT2D eigenvalue weighted by Gasteiger charge is 2.45. The minimum atomic E-state index is -2.05. The highest BCUT2D eigenvalue weighted by atomic mass is 28.3. The molecule has 12 rings (SSSR count). The van der Waals surface area contributed by atoms with Gasteiger partial charge in [-0.05, 0) is 150 Å². The summed E-state index contributed by atoms with van der Waals surface area (Å²) in [5, 5.41) is 6.14. The molecule has 0 fully saturated rings. The number of benzene rings is 10. The Balaban J connectivity index is 1.06. The molecule has 0 atom stereocenters. The van der Waals surface area contributed by atoms with E-state index in [4.69, 9.17) is 0 Å². The Kier molecular flexibility index (Phi) is 11.3. The third kappa shape index (κ3) is 7.64. The number of nitrogens with zero attached hydrogens (tertiary/aromatic N) is 2. The summed E-state index contributed by atoms with van der Waals surface area (Å²) in [7, 11) is -4.09. The summed E-state index contributed by atoms with van der Waals surface area (Å²) in [5.41, 5.74) is 22.8. The predicted octanol–water partition coefficient (Wildman–Crippen LogP) is 18.8. The topological polar surface area (TPSA) is 6.48 Å². The lowest BCUT2D eigenvalue weighted by atomic mass is 9.80. The van der Waals surface area contributed by atoms with Crippen LogP contribution >= 0.6 is 0 Å². The van der Waals surface area contributed by atoms with E-state index >= 15 is 0 Å². The van der Waals surface area contributed by atoms with Crippen molar-refractivity contribution in [1.82, 2.24) is 0 Å². The summed E-state index contributed by atoms with van der Waals surface area (Å²) in [5.74, 6) is 0. The summed E-state index contributed by atoms with van der Waals surface area (Å²) < 4.78 is 0. The molecule has 0 spiro atoms. The molecule has 10 aromatic rings. The Bertz CT molecular complexity index is 3540. The van der Waals surface area contributed by atoms with Gasteiger partial charge in [-0.15, -0.1) is 0 Å². The fourth-order valence-electron chi connectivity index (χ4n) is 12.8. The minimum absolute atomic E-state index is 0.247. The summed E-state index contributed by atoms with van der Waals surface area (Å²) in [4.78, 5) is 4.94. The van der Waals surface area contributed by atoms with Crippen LogP contribution in [0.25, 0.3) is 55.3 Å². The summed E-state index contributed by atoms with van der Waals surface area (Å²) >= 11 is 0. The molecule has 4 heteroatoms. The Morgan fingerprint density at radius 2 is 0.622 bits per heavy atom. The van der Waals surface area contributed by atoms with Crippen LogP contribution in [0.15, 0.2) is 218 Å². The monoisotopic (exact) mass is 990 g/mol. The lowest BCUT2D eigenvalue weighted by Gasteiger charge is -2.32. The molecule has 0 saturated carbocycles. The first-order chi connectivity index (χ1) is 35.5. The van der Waals surface area contributed by atoms with Crippen molar-refractivity contribution in [3.8, 4) is 44.5 Å². The standard InChI is InChI=1S/C70H66N2Si2/c1-69(2)59-43-51(71(49-31-19-13-20-32-49)63-37-25-23-35-53(63)47-27-15-11-16-28-47)39-41-55(59)65-61(69)45-57-58(67(65)73(5,6)7)46-62-66(68(57)74(8,9)10)56-42-40-52(44-60(56)70(62,3)4)72(50-33-21-14-22-34-50)64-38-26-24-36-54(64)48-29-17-12-18-30-48/h11-46H,1-10H3. The van der Waals surface area contributed by atoms with Gasteiger partial charge in [0.05, 0.1) is 27.5 Å². The van der Waals surface area contributed by atoms with Gasteiger partial charge in [-0.3, -0.25) is 0 Å². The van der Waals surface area contributed by atoms with Crippen molar-refractivity contribution >= 4 is 71.4 Å². The fourth-order valence-corrected chi connectivity index (χ4v) is 16.9. The van der Waals surface area contributed by atoms with E-state index < -0.39 is 16.1 Å². The van der Waals surface area contributed by atoms with Crippen LogP contribution in [0.3, 0.4) is 0 Å². The molecule has 0 aliphatic heterocycles. The molecule has 2 aliphatic carbocycles. The molecule has 2 nitrogen and oxygen atoms in total. The third-order valence-corrected chi connectivity index (χ3v) is 20.2. The number of para-hydroxylation sites is 4. The molecular weight excluding hydrogens is 925 g/mol. The first kappa shape index (κ1) is 47.5. The first-order valence-corrected chi connectivity index (χ1v) is 33.5. The Labute approximate surface area is 441 Å². The van der Waals surface area contributed by atoms with Crippen molar-refractivity contribution in [3.05, 3.63) is 241 Å².